The zero-order chi connectivity index (χ0) is 11.9. The maximum atomic E-state index is 11.2. The number of aromatic nitrogens is 2. The molecule has 0 aliphatic rings. The van der Waals surface area contributed by atoms with Gasteiger partial charge >= 0.3 is 0 Å². The molecule has 1 heterocycles. The molecule has 0 amide bonds. The van der Waals surface area contributed by atoms with Crippen LogP contribution in [0.15, 0.2) is 25.6 Å². The van der Waals surface area contributed by atoms with Gasteiger partial charge in [0.15, 0.2) is 5.95 Å². The first kappa shape index (κ1) is 12.3. The lowest BCUT2D eigenvalue weighted by molar-refractivity contribution is -0.683. The predicted octanol–water partition coefficient (Wildman–Crippen LogP) is 2.46. The quantitative estimate of drug-likeness (QED) is 0.486. The molecule has 1 aromatic carbocycles. The molecule has 0 atom stereocenters. The molecule has 2 rings (SSSR count). The highest BCUT2D eigenvalue weighted by Gasteiger charge is 2.23. The summed E-state index contributed by atoms with van der Waals surface area (Å²) in [6.45, 7) is 1.94. The Balaban J connectivity index is 2.69. The van der Waals surface area contributed by atoms with Crippen LogP contribution >= 0.6 is 54.5 Å². The largest absolute Gasteiger partial charge is 0.538 e. The van der Waals surface area contributed by atoms with E-state index in [0.29, 0.717) is 3.70 Å². The molecular formula is C9H5Br2IN2O2. The molecule has 0 saturated carbocycles. The van der Waals surface area contributed by atoms with Gasteiger partial charge in [0, 0.05) is 32.6 Å². The van der Waals surface area contributed by atoms with Crippen molar-refractivity contribution in [2.24, 2.45) is 0 Å². The minimum atomic E-state index is -0.435. The number of hydrogen-bond donors (Lipinski definition) is 0. The molecule has 16 heavy (non-hydrogen) atoms. The van der Waals surface area contributed by atoms with E-state index in [0.717, 1.165) is 20.2 Å². The van der Waals surface area contributed by atoms with Crippen LogP contribution in [0, 0.1) is 10.6 Å². The third-order valence-electron chi connectivity index (χ3n) is 1.99. The molecule has 0 spiro atoms. The highest BCUT2D eigenvalue weighted by Crippen LogP contribution is 2.26. The van der Waals surface area contributed by atoms with Crippen LogP contribution in [-0.2, 0) is 0 Å². The summed E-state index contributed by atoms with van der Waals surface area (Å²) in [7, 11) is 0. The van der Waals surface area contributed by atoms with Crippen molar-refractivity contribution < 1.29 is 14.3 Å². The van der Waals surface area contributed by atoms with Gasteiger partial charge in [0.2, 0.25) is 0 Å². The number of benzene rings is 1. The highest BCUT2D eigenvalue weighted by molar-refractivity contribution is 14.1. The third kappa shape index (κ3) is 2.12. The molecule has 7 heteroatoms. The number of aryl methyl sites for hydroxylation is 1. The van der Waals surface area contributed by atoms with Crippen LogP contribution in [0.4, 0.5) is 0 Å². The molecule has 0 N–H and O–H groups in total. The van der Waals surface area contributed by atoms with Crippen molar-refractivity contribution in [3.63, 3.8) is 0 Å². The van der Waals surface area contributed by atoms with Crippen LogP contribution in [0.25, 0.3) is 5.69 Å². The SMILES string of the molecule is Cc1cc(Br)cc(Br)c1-[n+]1noc([O-])c1I. The first-order valence-electron chi connectivity index (χ1n) is 4.21. The van der Waals surface area contributed by atoms with Crippen LogP contribution in [0.2, 0.25) is 0 Å². The Hall–Kier alpha value is -0.150. The fraction of sp³-hybridized carbons (Fsp3) is 0.111. The number of hydrogen-bond acceptors (Lipinski definition) is 3. The van der Waals surface area contributed by atoms with Crippen LogP contribution in [-0.4, -0.2) is 5.27 Å². The smallest absolute Gasteiger partial charge is 0.298 e. The molecule has 0 fully saturated rings. The Bertz CT molecular complexity index is 533. The van der Waals surface area contributed by atoms with Gasteiger partial charge < -0.3 is 9.63 Å². The van der Waals surface area contributed by atoms with Gasteiger partial charge in [-0.15, -0.1) is 0 Å². The van der Waals surface area contributed by atoms with Gasteiger partial charge in [-0.1, -0.05) is 15.9 Å². The number of nitrogens with zero attached hydrogens (tertiary/aromatic N) is 2. The summed E-state index contributed by atoms with van der Waals surface area (Å²) in [6, 6.07) is 3.84. The van der Waals surface area contributed by atoms with E-state index in [9.17, 15) is 5.11 Å². The normalized spacial score (nSPS) is 10.8. The van der Waals surface area contributed by atoms with E-state index in [1.54, 1.807) is 0 Å². The maximum absolute atomic E-state index is 11.2. The average molecular weight is 460 g/mol. The summed E-state index contributed by atoms with van der Waals surface area (Å²) in [5.74, 6) is -0.435. The van der Waals surface area contributed by atoms with E-state index in [-0.39, 0.29) is 0 Å². The Kier molecular flexibility index (Phi) is 3.55. The Morgan fingerprint density at radius 3 is 2.62 bits per heavy atom. The monoisotopic (exact) mass is 458 g/mol. The van der Waals surface area contributed by atoms with E-state index >= 15 is 0 Å². The summed E-state index contributed by atoms with van der Waals surface area (Å²) >= 11 is 8.74. The average Bonchev–Trinajstić information content (AvgIpc) is 2.48. The third-order valence-corrected chi connectivity index (χ3v) is 3.95. The standard InChI is InChI=1S/C9H5Br2IN2O2/c1-4-2-5(10)3-6(11)7(4)14-8(12)9(15)16-13-14/h2-3H,1H3. The van der Waals surface area contributed by atoms with Crippen molar-refractivity contribution in [2.75, 3.05) is 0 Å². The van der Waals surface area contributed by atoms with Gasteiger partial charge in [-0.3, -0.25) is 0 Å². The van der Waals surface area contributed by atoms with Gasteiger partial charge in [-0.05, 0) is 39.7 Å². The van der Waals surface area contributed by atoms with Crippen molar-refractivity contribution in [1.82, 2.24) is 5.27 Å². The molecule has 0 radical (unpaired) electrons. The van der Waals surface area contributed by atoms with Gasteiger partial charge in [0.25, 0.3) is 9.39 Å². The van der Waals surface area contributed by atoms with Crippen molar-refractivity contribution >= 4 is 54.5 Å². The highest BCUT2D eigenvalue weighted by atomic mass is 127. The lowest BCUT2D eigenvalue weighted by Gasteiger charge is -2.00. The number of halogens is 3. The summed E-state index contributed by atoms with van der Waals surface area (Å²) in [4.78, 5) is 0. The van der Waals surface area contributed by atoms with Crippen molar-refractivity contribution in [3.8, 4) is 11.6 Å². The second kappa shape index (κ2) is 4.61. The fourth-order valence-electron chi connectivity index (χ4n) is 1.34. The second-order valence-corrected chi connectivity index (χ2v) is 5.91. The second-order valence-electron chi connectivity index (χ2n) is 3.12. The van der Waals surface area contributed by atoms with Crippen LogP contribution in [0.1, 0.15) is 5.56 Å². The van der Waals surface area contributed by atoms with Crippen LogP contribution in [0.3, 0.4) is 0 Å². The zero-order valence-corrected chi connectivity index (χ0v) is 13.3. The van der Waals surface area contributed by atoms with Gasteiger partial charge in [-0.25, -0.2) is 0 Å². The van der Waals surface area contributed by atoms with Crippen molar-refractivity contribution in [2.45, 2.75) is 6.92 Å². The molecule has 0 bridgehead atoms. The van der Waals surface area contributed by atoms with E-state index in [4.69, 9.17) is 0 Å². The van der Waals surface area contributed by atoms with Gasteiger partial charge in [-0.2, -0.15) is 0 Å². The summed E-state index contributed by atoms with van der Waals surface area (Å²) in [6.07, 6.45) is 0. The Labute approximate surface area is 122 Å². The van der Waals surface area contributed by atoms with E-state index in [1.165, 1.54) is 4.68 Å². The molecule has 0 saturated heterocycles. The topological polar surface area (TPSA) is 53.0 Å². The summed E-state index contributed by atoms with van der Waals surface area (Å²) in [5, 5.41) is 14.9. The van der Waals surface area contributed by atoms with Crippen molar-refractivity contribution in [1.29, 1.82) is 0 Å². The maximum Gasteiger partial charge on any atom is 0.298 e. The van der Waals surface area contributed by atoms with Gasteiger partial charge in [0.1, 0.15) is 0 Å². The fourth-order valence-corrected chi connectivity index (χ4v) is 3.37. The van der Waals surface area contributed by atoms with Gasteiger partial charge in [0.05, 0.1) is 9.74 Å². The van der Waals surface area contributed by atoms with E-state index in [2.05, 4.69) is 41.7 Å². The Morgan fingerprint density at radius 2 is 2.12 bits per heavy atom. The van der Waals surface area contributed by atoms with Crippen LogP contribution in [0.5, 0.6) is 5.95 Å². The predicted molar refractivity (Wildman–Crippen MR) is 70.3 cm³/mol. The molecular weight excluding hydrogens is 455 g/mol. The lowest BCUT2D eigenvalue weighted by atomic mass is 10.2. The molecule has 0 aliphatic carbocycles. The molecule has 4 nitrogen and oxygen atoms in total. The molecule has 0 unspecified atom stereocenters. The van der Waals surface area contributed by atoms with E-state index in [1.807, 2.05) is 41.6 Å². The lowest BCUT2D eigenvalue weighted by Crippen LogP contribution is -2.37. The zero-order valence-electron chi connectivity index (χ0n) is 8.00. The molecule has 2 aromatic rings. The summed E-state index contributed by atoms with van der Waals surface area (Å²) < 4.78 is 8.31. The van der Waals surface area contributed by atoms with Crippen molar-refractivity contribution in [3.05, 3.63) is 30.3 Å². The van der Waals surface area contributed by atoms with Crippen LogP contribution < -0.4 is 9.79 Å². The first-order chi connectivity index (χ1) is 7.50. The molecule has 0 aliphatic heterocycles. The minimum absolute atomic E-state index is 0.420. The summed E-state index contributed by atoms with van der Waals surface area (Å²) in [5.41, 5.74) is 1.79. The Morgan fingerprint density at radius 1 is 1.44 bits per heavy atom. The molecule has 1 aromatic heterocycles. The minimum Gasteiger partial charge on any atom is -0.538 e. The van der Waals surface area contributed by atoms with E-state index < -0.39 is 5.95 Å². The number of rotatable bonds is 1. The first-order valence-corrected chi connectivity index (χ1v) is 6.87. The molecule has 84 valence electrons.